The van der Waals surface area contributed by atoms with Gasteiger partial charge in [-0.25, -0.2) is 0 Å². The summed E-state index contributed by atoms with van der Waals surface area (Å²) in [6.45, 7) is 6.67. The van der Waals surface area contributed by atoms with Gasteiger partial charge in [0.25, 0.3) is 0 Å². The quantitative estimate of drug-likeness (QED) is 0.549. The van der Waals surface area contributed by atoms with Crippen LogP contribution in [0.5, 0.6) is 0 Å². The monoisotopic (exact) mass is 419 g/mol. The van der Waals surface area contributed by atoms with Crippen LogP contribution in [0.25, 0.3) is 0 Å². The molecule has 162 valence electrons. The largest absolute Gasteiger partial charge is 0.381 e. The number of hydrogen-bond donors (Lipinski definition) is 2. The van der Waals surface area contributed by atoms with Crippen molar-refractivity contribution in [2.75, 3.05) is 32.6 Å². The summed E-state index contributed by atoms with van der Waals surface area (Å²) in [6, 6.07) is 9.07. The first-order valence-corrected chi connectivity index (χ1v) is 12.4. The summed E-state index contributed by atoms with van der Waals surface area (Å²) in [6.07, 6.45) is 6.34. The van der Waals surface area contributed by atoms with Gasteiger partial charge in [0.05, 0.1) is 0 Å². The first-order chi connectivity index (χ1) is 14.1. The molecule has 1 saturated heterocycles. The number of nitrogens with zero attached hydrogens (tertiary/aromatic N) is 1. The zero-order valence-electron chi connectivity index (χ0n) is 18.2. The van der Waals surface area contributed by atoms with Gasteiger partial charge in [0.15, 0.2) is 5.96 Å². The molecule has 6 heteroatoms. The van der Waals surface area contributed by atoms with Gasteiger partial charge in [0, 0.05) is 60.1 Å². The Morgan fingerprint density at radius 1 is 1.28 bits per heavy atom. The third kappa shape index (κ3) is 5.60. The van der Waals surface area contributed by atoms with Crippen LogP contribution in [0.15, 0.2) is 29.3 Å². The van der Waals surface area contributed by atoms with Crippen molar-refractivity contribution in [3.05, 3.63) is 35.4 Å². The Kier molecular flexibility index (Phi) is 8.13. The topological polar surface area (TPSA) is 62.7 Å². The Labute approximate surface area is 178 Å². The molecular weight excluding hydrogens is 382 g/mol. The van der Waals surface area contributed by atoms with Crippen molar-refractivity contribution in [2.45, 2.75) is 69.1 Å². The highest BCUT2D eigenvalue weighted by Gasteiger charge is 2.36. The van der Waals surface area contributed by atoms with E-state index < -0.39 is 10.8 Å². The van der Waals surface area contributed by atoms with Crippen LogP contribution in [0.3, 0.4) is 0 Å². The molecule has 0 spiro atoms. The molecule has 1 aromatic carbocycles. The molecule has 2 aliphatic rings. The van der Waals surface area contributed by atoms with Crippen molar-refractivity contribution in [3.63, 3.8) is 0 Å². The van der Waals surface area contributed by atoms with E-state index in [-0.39, 0.29) is 5.41 Å². The van der Waals surface area contributed by atoms with Crippen LogP contribution in [0.4, 0.5) is 0 Å². The summed E-state index contributed by atoms with van der Waals surface area (Å²) in [4.78, 5) is 4.49. The predicted octanol–water partition coefficient (Wildman–Crippen LogP) is 3.29. The maximum absolute atomic E-state index is 12.3. The number of nitrogens with one attached hydrogen (secondary N) is 2. The summed E-state index contributed by atoms with van der Waals surface area (Å²) in [7, 11) is 1.13. The minimum Gasteiger partial charge on any atom is -0.381 e. The van der Waals surface area contributed by atoms with E-state index in [4.69, 9.17) is 4.74 Å². The summed E-state index contributed by atoms with van der Waals surface area (Å²) in [5.41, 5.74) is 2.83. The van der Waals surface area contributed by atoms with E-state index in [0.717, 1.165) is 70.0 Å². The number of ether oxygens (including phenoxy) is 1. The number of aryl methyl sites for hydroxylation is 1. The second-order valence-corrected chi connectivity index (χ2v) is 10.4. The first kappa shape index (κ1) is 22.3. The Balaban J connectivity index is 1.65. The highest BCUT2D eigenvalue weighted by molar-refractivity contribution is 7.85. The minimum atomic E-state index is -0.707. The van der Waals surface area contributed by atoms with Gasteiger partial charge >= 0.3 is 0 Å². The number of benzene rings is 1. The lowest BCUT2D eigenvalue weighted by molar-refractivity contribution is 0.0511. The van der Waals surface area contributed by atoms with Crippen LogP contribution >= 0.6 is 0 Å². The SMILES string of the molecule is CCS(=O)C1CCCC(NC(=NC)NCC2(c3ccccc3C)CCOCC2)C1. The van der Waals surface area contributed by atoms with E-state index in [1.807, 2.05) is 14.0 Å². The average Bonchev–Trinajstić information content (AvgIpc) is 2.77. The van der Waals surface area contributed by atoms with E-state index >= 15 is 0 Å². The molecule has 0 bridgehead atoms. The summed E-state index contributed by atoms with van der Waals surface area (Å²) in [5, 5.41) is 7.55. The minimum absolute atomic E-state index is 0.0695. The van der Waals surface area contributed by atoms with E-state index in [1.165, 1.54) is 11.1 Å². The van der Waals surface area contributed by atoms with Crippen molar-refractivity contribution in [3.8, 4) is 0 Å². The van der Waals surface area contributed by atoms with E-state index in [2.05, 4.69) is 46.8 Å². The van der Waals surface area contributed by atoms with Crippen LogP contribution in [-0.4, -0.2) is 54.0 Å². The van der Waals surface area contributed by atoms with E-state index in [1.54, 1.807) is 0 Å². The van der Waals surface area contributed by atoms with Gasteiger partial charge < -0.3 is 15.4 Å². The van der Waals surface area contributed by atoms with Crippen LogP contribution in [-0.2, 0) is 21.0 Å². The van der Waals surface area contributed by atoms with Crippen molar-refractivity contribution in [1.82, 2.24) is 10.6 Å². The summed E-state index contributed by atoms with van der Waals surface area (Å²) < 4.78 is 17.9. The fourth-order valence-electron chi connectivity index (χ4n) is 4.86. The maximum atomic E-state index is 12.3. The number of aliphatic imine (C=N–C) groups is 1. The standard InChI is InChI=1S/C23H37N3O2S/c1-4-29(27)20-10-7-9-19(16-20)26-22(24-3)25-17-23(12-14-28-15-13-23)21-11-6-5-8-18(21)2/h5-6,8,11,19-20H,4,7,9-10,12-17H2,1-3H3,(H2,24,25,26). The smallest absolute Gasteiger partial charge is 0.191 e. The fraction of sp³-hybridized carbons (Fsp3) is 0.696. The molecule has 3 atom stereocenters. The lowest BCUT2D eigenvalue weighted by Crippen LogP contribution is -2.51. The lowest BCUT2D eigenvalue weighted by Gasteiger charge is -2.39. The van der Waals surface area contributed by atoms with Crippen molar-refractivity contribution in [1.29, 1.82) is 0 Å². The van der Waals surface area contributed by atoms with Crippen LogP contribution in [0.1, 0.15) is 56.6 Å². The zero-order valence-corrected chi connectivity index (χ0v) is 19.0. The Morgan fingerprint density at radius 2 is 2.03 bits per heavy atom. The van der Waals surface area contributed by atoms with Gasteiger partial charge in [0.2, 0.25) is 0 Å². The summed E-state index contributed by atoms with van der Waals surface area (Å²) >= 11 is 0. The fourth-order valence-corrected chi connectivity index (χ4v) is 6.21. The third-order valence-electron chi connectivity index (χ3n) is 6.61. The molecule has 1 saturated carbocycles. The first-order valence-electron chi connectivity index (χ1n) is 11.1. The molecule has 0 amide bonds. The van der Waals surface area contributed by atoms with Gasteiger partial charge in [0.1, 0.15) is 0 Å². The molecule has 1 aromatic rings. The van der Waals surface area contributed by atoms with Gasteiger partial charge in [-0.2, -0.15) is 0 Å². The highest BCUT2D eigenvalue weighted by atomic mass is 32.2. The van der Waals surface area contributed by atoms with Gasteiger partial charge in [-0.15, -0.1) is 0 Å². The Morgan fingerprint density at radius 3 is 2.72 bits per heavy atom. The molecule has 5 nitrogen and oxygen atoms in total. The van der Waals surface area contributed by atoms with Crippen LogP contribution < -0.4 is 10.6 Å². The lowest BCUT2D eigenvalue weighted by atomic mass is 9.72. The highest BCUT2D eigenvalue weighted by Crippen LogP contribution is 2.36. The van der Waals surface area contributed by atoms with E-state index in [9.17, 15) is 4.21 Å². The van der Waals surface area contributed by atoms with Crippen molar-refractivity contribution < 1.29 is 8.95 Å². The van der Waals surface area contributed by atoms with Crippen molar-refractivity contribution in [2.24, 2.45) is 4.99 Å². The molecule has 1 aliphatic heterocycles. The van der Waals surface area contributed by atoms with Gasteiger partial charge in [-0.3, -0.25) is 9.20 Å². The Bertz CT molecular complexity index is 716. The Hall–Kier alpha value is -1.40. The average molecular weight is 420 g/mol. The van der Waals surface area contributed by atoms with Gasteiger partial charge in [-0.05, 0) is 50.2 Å². The second kappa shape index (κ2) is 10.6. The molecular formula is C23H37N3O2S. The van der Waals surface area contributed by atoms with Crippen molar-refractivity contribution >= 4 is 16.8 Å². The summed E-state index contributed by atoms with van der Waals surface area (Å²) in [5.74, 6) is 1.61. The van der Waals surface area contributed by atoms with Crippen LogP contribution in [0, 0.1) is 6.92 Å². The van der Waals surface area contributed by atoms with Gasteiger partial charge in [-0.1, -0.05) is 37.6 Å². The number of rotatable bonds is 6. The van der Waals surface area contributed by atoms with E-state index in [0.29, 0.717) is 11.3 Å². The second-order valence-electron chi connectivity index (χ2n) is 8.43. The molecule has 1 heterocycles. The predicted molar refractivity (Wildman–Crippen MR) is 122 cm³/mol. The number of guanidine groups is 1. The molecule has 0 radical (unpaired) electrons. The number of hydrogen-bond acceptors (Lipinski definition) is 3. The molecule has 1 aliphatic carbocycles. The molecule has 0 aromatic heterocycles. The molecule has 2 N–H and O–H groups in total. The zero-order chi connectivity index (χ0) is 20.7. The third-order valence-corrected chi connectivity index (χ3v) is 8.35. The van der Waals surface area contributed by atoms with Crippen LogP contribution in [0.2, 0.25) is 0 Å². The maximum Gasteiger partial charge on any atom is 0.191 e. The molecule has 3 unspecified atom stereocenters. The molecule has 3 rings (SSSR count). The normalized spacial score (nSPS) is 26.0. The molecule has 29 heavy (non-hydrogen) atoms. The molecule has 2 fully saturated rings.